The van der Waals surface area contributed by atoms with Crippen molar-refractivity contribution in [3.05, 3.63) is 80.1 Å². The highest BCUT2D eigenvalue weighted by molar-refractivity contribution is 5.82. The van der Waals surface area contributed by atoms with Crippen molar-refractivity contribution in [1.82, 2.24) is 19.6 Å². The maximum Gasteiger partial charge on any atom is 0.270 e. The average Bonchev–Trinajstić information content (AvgIpc) is 3.53. The second-order valence-corrected chi connectivity index (χ2v) is 13.0. The van der Waals surface area contributed by atoms with E-state index in [0.717, 1.165) is 0 Å². The van der Waals surface area contributed by atoms with Crippen LogP contribution in [0.2, 0.25) is 0 Å². The Labute approximate surface area is 268 Å². The number of hydrogen-bond acceptors (Lipinski definition) is 8. The standard InChI is InChI=1S/C34H38N8O4/c1-33(2,3)15-13-23-21-39(7)37-31(23)27-19-25(41(43)44)9-11-29(27)35-17-18-36-30-12-10-26(42(45)46)20-28(30)32-24(22-40(8)38-32)14-16-34(4,5)6/h9-12,19-22,35-36H,17-18H2,1-8H3. The second-order valence-electron chi connectivity index (χ2n) is 13.0. The fourth-order valence-corrected chi connectivity index (χ4v) is 4.45. The summed E-state index contributed by atoms with van der Waals surface area (Å²) in [4.78, 5) is 22.4. The molecule has 2 aromatic carbocycles. The topological polar surface area (TPSA) is 146 Å². The SMILES string of the molecule is Cn1cc(C#CC(C)(C)C)c(-c2cc([N+](=O)[O-])ccc2NCCNc2ccc([N+](=O)[O-])cc2-c2nn(C)cc2C#CC(C)(C)C)n1. The van der Waals surface area contributed by atoms with E-state index in [9.17, 15) is 20.2 Å². The van der Waals surface area contributed by atoms with Crippen molar-refractivity contribution in [2.75, 3.05) is 23.7 Å². The molecule has 0 aliphatic carbocycles. The van der Waals surface area contributed by atoms with E-state index in [1.807, 2.05) is 41.5 Å². The molecule has 0 radical (unpaired) electrons. The van der Waals surface area contributed by atoms with Gasteiger partial charge in [-0.25, -0.2) is 0 Å². The molecule has 0 aliphatic heterocycles. The van der Waals surface area contributed by atoms with Crippen LogP contribution in [-0.2, 0) is 14.1 Å². The second kappa shape index (κ2) is 13.2. The Hall–Kier alpha value is -5.62. The Morgan fingerprint density at radius 1 is 0.696 bits per heavy atom. The maximum atomic E-state index is 11.7. The van der Waals surface area contributed by atoms with Gasteiger partial charge in [0.15, 0.2) is 0 Å². The lowest BCUT2D eigenvalue weighted by Gasteiger charge is -2.14. The number of nitrogens with zero attached hydrogens (tertiary/aromatic N) is 6. The Kier molecular flexibility index (Phi) is 9.52. The van der Waals surface area contributed by atoms with E-state index in [1.165, 1.54) is 24.3 Å². The molecular weight excluding hydrogens is 584 g/mol. The molecule has 0 fully saturated rings. The summed E-state index contributed by atoms with van der Waals surface area (Å²) in [5, 5.41) is 39.2. The summed E-state index contributed by atoms with van der Waals surface area (Å²) in [5.74, 6) is 12.8. The summed E-state index contributed by atoms with van der Waals surface area (Å²) in [6, 6.07) is 9.20. The first-order chi connectivity index (χ1) is 21.5. The molecule has 4 aromatic rings. The first-order valence-corrected chi connectivity index (χ1v) is 14.7. The van der Waals surface area contributed by atoms with E-state index < -0.39 is 9.85 Å². The summed E-state index contributed by atoms with van der Waals surface area (Å²) in [7, 11) is 3.56. The van der Waals surface area contributed by atoms with Crippen LogP contribution in [0.15, 0.2) is 48.8 Å². The predicted molar refractivity (Wildman–Crippen MR) is 180 cm³/mol. The molecule has 2 aromatic heterocycles. The number of nitro groups is 2. The van der Waals surface area contributed by atoms with E-state index in [-0.39, 0.29) is 22.2 Å². The van der Waals surface area contributed by atoms with Crippen LogP contribution in [0, 0.1) is 54.7 Å². The summed E-state index contributed by atoms with van der Waals surface area (Å²) in [6.07, 6.45) is 3.60. The molecule has 12 nitrogen and oxygen atoms in total. The number of nitrogens with one attached hydrogen (secondary N) is 2. The van der Waals surface area contributed by atoms with Gasteiger partial charge >= 0.3 is 0 Å². The van der Waals surface area contributed by atoms with Gasteiger partial charge in [-0.05, 0) is 53.7 Å². The van der Waals surface area contributed by atoms with Crippen molar-refractivity contribution >= 4 is 22.7 Å². The highest BCUT2D eigenvalue weighted by atomic mass is 16.6. The number of rotatable bonds is 9. The van der Waals surface area contributed by atoms with Crippen LogP contribution in [-0.4, -0.2) is 42.5 Å². The highest BCUT2D eigenvalue weighted by Crippen LogP contribution is 2.34. The molecule has 46 heavy (non-hydrogen) atoms. The number of anilines is 2. The Morgan fingerprint density at radius 3 is 1.39 bits per heavy atom. The molecule has 0 atom stereocenters. The Balaban J connectivity index is 1.63. The lowest BCUT2D eigenvalue weighted by molar-refractivity contribution is -0.385. The van der Waals surface area contributed by atoms with Gasteiger partial charge in [0.2, 0.25) is 0 Å². The summed E-state index contributed by atoms with van der Waals surface area (Å²) < 4.78 is 3.28. The fourth-order valence-electron chi connectivity index (χ4n) is 4.45. The van der Waals surface area contributed by atoms with E-state index in [0.29, 0.717) is 58.1 Å². The average molecular weight is 623 g/mol. The fraction of sp³-hybridized carbons (Fsp3) is 0.353. The molecule has 238 valence electrons. The maximum absolute atomic E-state index is 11.7. The molecule has 0 unspecified atom stereocenters. The van der Waals surface area contributed by atoms with Crippen molar-refractivity contribution in [2.45, 2.75) is 41.5 Å². The van der Waals surface area contributed by atoms with Crippen LogP contribution >= 0.6 is 0 Å². The van der Waals surface area contributed by atoms with E-state index in [4.69, 9.17) is 0 Å². The molecule has 0 amide bonds. The van der Waals surface area contributed by atoms with Gasteiger partial charge in [-0.3, -0.25) is 29.6 Å². The largest absolute Gasteiger partial charge is 0.383 e. The van der Waals surface area contributed by atoms with Gasteiger partial charge in [0.1, 0.15) is 11.4 Å². The first kappa shape index (κ1) is 33.3. The van der Waals surface area contributed by atoms with Crippen LogP contribution in [0.25, 0.3) is 22.5 Å². The number of benzene rings is 2. The minimum atomic E-state index is -0.438. The molecule has 2 N–H and O–H groups in total. The van der Waals surface area contributed by atoms with Gasteiger partial charge in [0, 0.05) is 97.2 Å². The van der Waals surface area contributed by atoms with Crippen LogP contribution in [0.4, 0.5) is 22.7 Å². The van der Waals surface area contributed by atoms with Gasteiger partial charge in [-0.2, -0.15) is 10.2 Å². The van der Waals surface area contributed by atoms with E-state index >= 15 is 0 Å². The first-order valence-electron chi connectivity index (χ1n) is 14.7. The number of aromatic nitrogens is 4. The smallest absolute Gasteiger partial charge is 0.270 e. The molecule has 12 heteroatoms. The highest BCUT2D eigenvalue weighted by Gasteiger charge is 2.20. The summed E-state index contributed by atoms with van der Waals surface area (Å²) in [6.45, 7) is 12.9. The van der Waals surface area contributed by atoms with Crippen LogP contribution in [0.5, 0.6) is 0 Å². The minimum Gasteiger partial charge on any atom is -0.383 e. The van der Waals surface area contributed by atoms with Crippen LogP contribution < -0.4 is 10.6 Å². The quantitative estimate of drug-likeness (QED) is 0.0916. The van der Waals surface area contributed by atoms with Crippen molar-refractivity contribution in [3.63, 3.8) is 0 Å². The van der Waals surface area contributed by atoms with Gasteiger partial charge < -0.3 is 10.6 Å². The molecule has 0 saturated carbocycles. The monoisotopic (exact) mass is 622 g/mol. The van der Waals surface area contributed by atoms with Gasteiger partial charge in [0.25, 0.3) is 11.4 Å². The number of aryl methyl sites for hydroxylation is 2. The van der Waals surface area contributed by atoms with Crippen LogP contribution in [0.3, 0.4) is 0 Å². The number of non-ortho nitro benzene ring substituents is 2. The lowest BCUT2D eigenvalue weighted by atomic mass is 9.97. The normalized spacial score (nSPS) is 11.2. The van der Waals surface area contributed by atoms with Crippen molar-refractivity contribution in [1.29, 1.82) is 0 Å². The van der Waals surface area contributed by atoms with E-state index in [1.54, 1.807) is 48.0 Å². The molecule has 2 heterocycles. The van der Waals surface area contributed by atoms with Crippen molar-refractivity contribution in [3.8, 4) is 46.2 Å². The van der Waals surface area contributed by atoms with Gasteiger partial charge in [-0.15, -0.1) is 0 Å². The van der Waals surface area contributed by atoms with E-state index in [2.05, 4.69) is 44.5 Å². The summed E-state index contributed by atoms with van der Waals surface area (Å²) >= 11 is 0. The molecule has 4 rings (SSSR count). The Bertz CT molecular complexity index is 1780. The molecular formula is C34H38N8O4. The lowest BCUT2D eigenvalue weighted by Crippen LogP contribution is -2.15. The summed E-state index contributed by atoms with van der Waals surface area (Å²) in [5.41, 5.74) is 4.21. The Morgan fingerprint density at radius 2 is 1.07 bits per heavy atom. The van der Waals surface area contributed by atoms with Crippen molar-refractivity contribution in [2.24, 2.45) is 24.9 Å². The third-order valence-electron chi connectivity index (χ3n) is 6.50. The predicted octanol–water partition coefficient (Wildman–Crippen LogP) is 6.62. The third kappa shape index (κ3) is 8.51. The number of nitro benzene ring substituents is 2. The molecule has 0 spiro atoms. The zero-order chi connectivity index (χ0) is 33.8. The molecule has 0 saturated heterocycles. The zero-order valence-corrected chi connectivity index (χ0v) is 27.3. The minimum absolute atomic E-state index is 0.0599. The zero-order valence-electron chi connectivity index (χ0n) is 27.3. The third-order valence-corrected chi connectivity index (χ3v) is 6.50. The van der Waals surface area contributed by atoms with Gasteiger partial charge in [-0.1, -0.05) is 23.7 Å². The van der Waals surface area contributed by atoms with Crippen molar-refractivity contribution < 1.29 is 9.85 Å². The molecule has 0 bridgehead atoms. The molecule has 0 aliphatic rings. The van der Waals surface area contributed by atoms with Gasteiger partial charge in [0.05, 0.1) is 21.0 Å². The number of hydrogen-bond donors (Lipinski definition) is 2. The van der Waals surface area contributed by atoms with Crippen LogP contribution in [0.1, 0.15) is 52.7 Å².